The topological polar surface area (TPSA) is 45.4 Å². The molecule has 0 aliphatic carbocycles. The Morgan fingerprint density at radius 3 is 3.06 bits per heavy atom. The first-order valence-corrected chi connectivity index (χ1v) is 6.25. The fraction of sp³-hybridized carbons (Fsp3) is 0.615. The molecule has 0 radical (unpaired) electrons. The predicted molar refractivity (Wildman–Crippen MR) is 70.6 cm³/mol. The van der Waals surface area contributed by atoms with Crippen LogP contribution in [0.1, 0.15) is 18.5 Å². The monoisotopic (exact) mass is 234 g/mol. The molecule has 4 heteroatoms. The van der Waals surface area contributed by atoms with Crippen molar-refractivity contribution in [3.8, 4) is 0 Å². The van der Waals surface area contributed by atoms with Gasteiger partial charge in [0.15, 0.2) is 0 Å². The summed E-state index contributed by atoms with van der Waals surface area (Å²) in [5.74, 6) is 0.608. The largest absolute Gasteiger partial charge is 0.384 e. The van der Waals surface area contributed by atoms with Crippen molar-refractivity contribution in [1.82, 2.24) is 14.8 Å². The molecular weight excluding hydrogens is 212 g/mol. The lowest BCUT2D eigenvalue weighted by Gasteiger charge is -2.35. The van der Waals surface area contributed by atoms with Crippen LogP contribution >= 0.6 is 0 Å². The third-order valence-electron chi connectivity index (χ3n) is 3.46. The highest BCUT2D eigenvalue weighted by molar-refractivity contribution is 5.28. The lowest BCUT2D eigenvalue weighted by molar-refractivity contribution is 0.128. The highest BCUT2D eigenvalue weighted by atomic mass is 15.2. The maximum atomic E-state index is 5.70. The minimum absolute atomic E-state index is 0.608. The highest BCUT2D eigenvalue weighted by Gasteiger charge is 2.21. The van der Waals surface area contributed by atoms with Gasteiger partial charge in [-0.25, -0.2) is 4.98 Å². The number of piperidine rings is 1. The molecule has 94 valence electrons. The van der Waals surface area contributed by atoms with E-state index in [1.54, 1.807) is 0 Å². The Balaban J connectivity index is 1.94. The van der Waals surface area contributed by atoms with Crippen LogP contribution in [0.4, 0.5) is 5.82 Å². The van der Waals surface area contributed by atoms with Gasteiger partial charge in [0.05, 0.1) is 5.69 Å². The smallest absolute Gasteiger partial charge is 0.123 e. The first kappa shape index (κ1) is 12.3. The molecule has 17 heavy (non-hydrogen) atoms. The molecule has 0 amide bonds. The number of hydrogen-bond acceptors (Lipinski definition) is 4. The van der Waals surface area contributed by atoms with E-state index in [1.807, 2.05) is 18.2 Å². The van der Waals surface area contributed by atoms with E-state index in [9.17, 15) is 0 Å². The Hall–Kier alpha value is -1.13. The van der Waals surface area contributed by atoms with Gasteiger partial charge in [-0.3, -0.25) is 4.90 Å². The lowest BCUT2D eigenvalue weighted by Crippen LogP contribution is -2.44. The van der Waals surface area contributed by atoms with Gasteiger partial charge in [0, 0.05) is 19.1 Å². The zero-order chi connectivity index (χ0) is 12.3. The Bertz CT molecular complexity index is 366. The van der Waals surface area contributed by atoms with Gasteiger partial charge >= 0.3 is 0 Å². The van der Waals surface area contributed by atoms with Crippen LogP contribution in [0.2, 0.25) is 0 Å². The molecule has 1 saturated heterocycles. The van der Waals surface area contributed by atoms with E-state index in [2.05, 4.69) is 28.9 Å². The van der Waals surface area contributed by atoms with Gasteiger partial charge < -0.3 is 10.6 Å². The number of likely N-dealkylation sites (tertiary alicyclic amines) is 1. The van der Waals surface area contributed by atoms with Crippen LogP contribution in [-0.2, 0) is 6.54 Å². The fourth-order valence-corrected chi connectivity index (χ4v) is 2.47. The number of nitrogen functional groups attached to an aromatic ring is 1. The number of nitrogens with two attached hydrogens (primary N) is 1. The van der Waals surface area contributed by atoms with Crippen LogP contribution in [0.5, 0.6) is 0 Å². The normalized spacial score (nSPS) is 21.9. The maximum Gasteiger partial charge on any atom is 0.123 e. The zero-order valence-electron chi connectivity index (χ0n) is 10.8. The molecule has 0 saturated carbocycles. The number of anilines is 1. The summed E-state index contributed by atoms with van der Waals surface area (Å²) in [6.45, 7) is 3.25. The van der Waals surface area contributed by atoms with Crippen LogP contribution in [0.3, 0.4) is 0 Å². The summed E-state index contributed by atoms with van der Waals surface area (Å²) in [6, 6.07) is 6.48. The van der Waals surface area contributed by atoms with E-state index in [4.69, 9.17) is 5.73 Å². The minimum Gasteiger partial charge on any atom is -0.384 e. The first-order chi connectivity index (χ1) is 8.15. The van der Waals surface area contributed by atoms with Crippen LogP contribution in [0, 0.1) is 0 Å². The van der Waals surface area contributed by atoms with Crippen molar-refractivity contribution in [3.05, 3.63) is 23.9 Å². The van der Waals surface area contributed by atoms with Crippen molar-refractivity contribution in [1.29, 1.82) is 0 Å². The predicted octanol–water partition coefficient (Wildman–Crippen LogP) is 1.19. The Kier molecular flexibility index (Phi) is 3.97. The number of rotatable bonds is 3. The summed E-state index contributed by atoms with van der Waals surface area (Å²) in [6.07, 6.45) is 2.57. The van der Waals surface area contributed by atoms with Crippen molar-refractivity contribution < 1.29 is 0 Å². The molecule has 1 fully saturated rings. The Labute approximate surface area is 103 Å². The second kappa shape index (κ2) is 5.47. The summed E-state index contributed by atoms with van der Waals surface area (Å²) in [7, 11) is 4.37. The minimum atomic E-state index is 0.608. The Morgan fingerprint density at radius 1 is 1.53 bits per heavy atom. The van der Waals surface area contributed by atoms with E-state index >= 15 is 0 Å². The molecule has 2 heterocycles. The standard InChI is InChI=1S/C13H22N4/c1-16-8-4-6-12(10-16)17(2)9-11-5-3-7-13(14)15-11/h3,5,7,12H,4,6,8-10H2,1-2H3,(H2,14,15). The van der Waals surface area contributed by atoms with E-state index in [0.717, 1.165) is 18.8 Å². The van der Waals surface area contributed by atoms with Gasteiger partial charge in [0.2, 0.25) is 0 Å². The van der Waals surface area contributed by atoms with E-state index in [-0.39, 0.29) is 0 Å². The Morgan fingerprint density at radius 2 is 2.35 bits per heavy atom. The van der Waals surface area contributed by atoms with Crippen molar-refractivity contribution in [2.75, 3.05) is 32.9 Å². The molecule has 1 aliphatic heterocycles. The molecule has 1 aromatic rings. The van der Waals surface area contributed by atoms with Gasteiger partial charge in [-0.1, -0.05) is 6.07 Å². The molecule has 0 bridgehead atoms. The third-order valence-corrected chi connectivity index (χ3v) is 3.46. The molecular formula is C13H22N4. The quantitative estimate of drug-likeness (QED) is 0.853. The second-order valence-corrected chi connectivity index (χ2v) is 5.03. The van der Waals surface area contributed by atoms with Gasteiger partial charge in [-0.15, -0.1) is 0 Å². The van der Waals surface area contributed by atoms with Crippen molar-refractivity contribution >= 4 is 5.82 Å². The lowest BCUT2D eigenvalue weighted by atomic mass is 10.0. The third kappa shape index (κ3) is 3.41. The van der Waals surface area contributed by atoms with Gasteiger partial charge in [0.1, 0.15) is 5.82 Å². The highest BCUT2D eigenvalue weighted by Crippen LogP contribution is 2.15. The van der Waals surface area contributed by atoms with Crippen LogP contribution in [0.25, 0.3) is 0 Å². The van der Waals surface area contributed by atoms with E-state index < -0.39 is 0 Å². The summed E-state index contributed by atoms with van der Waals surface area (Å²) in [5.41, 5.74) is 6.75. The molecule has 2 rings (SSSR count). The molecule has 1 aliphatic rings. The fourth-order valence-electron chi connectivity index (χ4n) is 2.47. The van der Waals surface area contributed by atoms with Crippen molar-refractivity contribution in [3.63, 3.8) is 0 Å². The maximum absolute atomic E-state index is 5.70. The molecule has 0 spiro atoms. The average Bonchev–Trinajstić information content (AvgIpc) is 2.29. The second-order valence-electron chi connectivity index (χ2n) is 5.03. The number of nitrogens with zero attached hydrogens (tertiary/aromatic N) is 3. The molecule has 1 atom stereocenters. The molecule has 1 aromatic heterocycles. The average molecular weight is 234 g/mol. The molecule has 2 N–H and O–H groups in total. The summed E-state index contributed by atoms with van der Waals surface area (Å²) in [4.78, 5) is 9.14. The van der Waals surface area contributed by atoms with E-state index in [0.29, 0.717) is 11.9 Å². The first-order valence-electron chi connectivity index (χ1n) is 6.25. The number of hydrogen-bond donors (Lipinski definition) is 1. The number of likely N-dealkylation sites (N-methyl/N-ethyl adjacent to an activating group) is 2. The van der Waals surface area contributed by atoms with Crippen LogP contribution in [-0.4, -0.2) is 48.0 Å². The zero-order valence-corrected chi connectivity index (χ0v) is 10.8. The summed E-state index contributed by atoms with van der Waals surface area (Å²) in [5, 5.41) is 0. The van der Waals surface area contributed by atoms with Gasteiger partial charge in [-0.2, -0.15) is 0 Å². The van der Waals surface area contributed by atoms with Crippen LogP contribution < -0.4 is 5.73 Å². The van der Waals surface area contributed by atoms with Gasteiger partial charge in [0.25, 0.3) is 0 Å². The van der Waals surface area contributed by atoms with Crippen molar-refractivity contribution in [2.45, 2.75) is 25.4 Å². The van der Waals surface area contributed by atoms with Crippen molar-refractivity contribution in [2.24, 2.45) is 0 Å². The summed E-state index contributed by atoms with van der Waals surface area (Å²) >= 11 is 0. The number of pyridine rings is 1. The van der Waals surface area contributed by atoms with Crippen LogP contribution in [0.15, 0.2) is 18.2 Å². The molecule has 4 nitrogen and oxygen atoms in total. The van der Waals surface area contributed by atoms with E-state index in [1.165, 1.54) is 19.4 Å². The van der Waals surface area contributed by atoms with Gasteiger partial charge in [-0.05, 0) is 45.6 Å². The molecule has 0 aromatic carbocycles. The molecule has 1 unspecified atom stereocenters. The SMILES string of the molecule is CN1CCCC(N(C)Cc2cccc(N)n2)C1. The summed E-state index contributed by atoms with van der Waals surface area (Å²) < 4.78 is 0. The number of aromatic nitrogens is 1.